The molecule has 0 saturated heterocycles. The zero-order valence-electron chi connectivity index (χ0n) is 17.8. The fraction of sp³-hybridized carbons (Fsp3) is 0.143. The molecule has 0 fully saturated rings. The van der Waals surface area contributed by atoms with Crippen LogP contribution in [0.3, 0.4) is 0 Å². The Kier molecular flexibility index (Phi) is 6.03. The molecule has 35 heavy (non-hydrogen) atoms. The van der Waals surface area contributed by atoms with Gasteiger partial charge in [-0.15, -0.1) is 0 Å². The van der Waals surface area contributed by atoms with Gasteiger partial charge in [-0.1, -0.05) is 16.8 Å². The number of rotatable bonds is 5. The predicted molar refractivity (Wildman–Crippen MR) is 117 cm³/mol. The molecule has 0 spiro atoms. The highest BCUT2D eigenvalue weighted by Crippen LogP contribution is 2.34. The first-order valence-corrected chi connectivity index (χ1v) is 9.98. The average Bonchev–Trinajstić information content (AvgIpc) is 3.24. The van der Waals surface area contributed by atoms with Crippen molar-refractivity contribution >= 4 is 34.2 Å². The molecule has 0 aliphatic heterocycles. The number of aryl methyl sites for hydroxylation is 1. The van der Waals surface area contributed by atoms with E-state index in [4.69, 9.17) is 16.0 Å². The number of hydrogen-bond donors (Lipinski definition) is 1. The maximum atomic E-state index is 13.4. The van der Waals surface area contributed by atoms with Gasteiger partial charge < -0.3 is 14.4 Å². The highest BCUT2D eigenvalue weighted by Gasteiger charge is 2.36. The van der Waals surface area contributed by atoms with Crippen LogP contribution in [0.1, 0.15) is 16.8 Å². The number of nitrogens with zero attached hydrogens (tertiary/aromatic N) is 5. The van der Waals surface area contributed by atoms with Gasteiger partial charge in [0.1, 0.15) is 12.8 Å². The molecule has 0 unspecified atom stereocenters. The summed E-state index contributed by atoms with van der Waals surface area (Å²) in [6.07, 6.45) is -3.52. The summed E-state index contributed by atoms with van der Waals surface area (Å²) in [4.78, 5) is 37.1. The number of aliphatic carboxylic acids is 1. The molecule has 14 heteroatoms. The minimum Gasteiger partial charge on any atom is -0.476 e. The number of halogens is 4. The molecule has 0 atom stereocenters. The van der Waals surface area contributed by atoms with E-state index in [2.05, 4.69) is 25.1 Å². The van der Waals surface area contributed by atoms with Crippen molar-refractivity contribution in [1.29, 1.82) is 0 Å². The number of pyridine rings is 1. The average molecular weight is 508 g/mol. The van der Waals surface area contributed by atoms with Gasteiger partial charge >= 0.3 is 17.8 Å². The Morgan fingerprint density at radius 2 is 2.03 bits per heavy atom. The van der Waals surface area contributed by atoms with Crippen molar-refractivity contribution in [2.75, 3.05) is 7.11 Å². The summed E-state index contributed by atoms with van der Waals surface area (Å²) in [7, 11) is 1.16. The number of carbonyl (C=O) groups is 1. The molecule has 0 radical (unpaired) electrons. The van der Waals surface area contributed by atoms with Crippen molar-refractivity contribution in [1.82, 2.24) is 19.7 Å². The van der Waals surface area contributed by atoms with E-state index in [1.165, 1.54) is 37.4 Å². The van der Waals surface area contributed by atoms with Crippen molar-refractivity contribution in [2.24, 2.45) is 5.16 Å². The number of hydrogen-bond acceptors (Lipinski definition) is 8. The zero-order chi connectivity index (χ0) is 25.5. The zero-order valence-corrected chi connectivity index (χ0v) is 18.5. The third kappa shape index (κ3) is 4.45. The molecule has 3 heterocycles. The highest BCUT2D eigenvalue weighted by atomic mass is 35.5. The first kappa shape index (κ1) is 23.9. The van der Waals surface area contributed by atoms with Gasteiger partial charge in [0.05, 0.1) is 15.9 Å². The standard InChI is InChI=1S/C21H13ClF3N5O5/c1-9-6-10(16(19(31)32)29-34-2)7-11-15(9)27-18(35-20(11)33)13-8-14(21(23,24)25)28-30(13)17-12(22)4-3-5-26-17/h3-8H,1-2H3,(H,31,32). The van der Waals surface area contributed by atoms with Crippen LogP contribution in [-0.4, -0.2) is 43.6 Å². The molecular weight excluding hydrogens is 495 g/mol. The molecular formula is C21H13ClF3N5O5. The SMILES string of the molecule is CON=C(C(=O)O)c1cc(C)c2nc(-c3cc(C(F)(F)F)nn3-c3ncccc3Cl)oc(=O)c2c1. The summed E-state index contributed by atoms with van der Waals surface area (Å²) in [5.74, 6) is -2.03. The van der Waals surface area contributed by atoms with Crippen molar-refractivity contribution in [3.63, 3.8) is 0 Å². The number of benzene rings is 1. The molecule has 0 saturated carbocycles. The Morgan fingerprint density at radius 3 is 2.66 bits per heavy atom. The van der Waals surface area contributed by atoms with Gasteiger partial charge in [-0.25, -0.2) is 24.2 Å². The van der Waals surface area contributed by atoms with Crippen LogP contribution in [0.25, 0.3) is 28.3 Å². The van der Waals surface area contributed by atoms with E-state index >= 15 is 0 Å². The van der Waals surface area contributed by atoms with Gasteiger partial charge in [-0.3, -0.25) is 0 Å². The first-order valence-electron chi connectivity index (χ1n) is 9.60. The minimum atomic E-state index is -4.82. The molecule has 0 aliphatic rings. The van der Waals surface area contributed by atoms with Crippen LogP contribution in [0.2, 0.25) is 5.02 Å². The monoisotopic (exact) mass is 507 g/mol. The van der Waals surface area contributed by atoms with Crippen molar-refractivity contribution < 1.29 is 32.3 Å². The lowest BCUT2D eigenvalue weighted by molar-refractivity contribution is -0.141. The molecule has 4 rings (SSSR count). The Balaban J connectivity index is 1.97. The second kappa shape index (κ2) is 8.83. The van der Waals surface area contributed by atoms with Crippen LogP contribution in [0.4, 0.5) is 13.2 Å². The van der Waals surface area contributed by atoms with Crippen LogP contribution in [-0.2, 0) is 15.8 Å². The lowest BCUT2D eigenvalue weighted by Crippen LogP contribution is -2.16. The fourth-order valence-corrected chi connectivity index (χ4v) is 3.47. The summed E-state index contributed by atoms with van der Waals surface area (Å²) in [5.41, 5.74) is -2.63. The van der Waals surface area contributed by atoms with Gasteiger partial charge in [0, 0.05) is 17.8 Å². The third-order valence-corrected chi connectivity index (χ3v) is 5.04. The number of carboxylic acids is 1. The third-order valence-electron chi connectivity index (χ3n) is 4.74. The molecule has 0 amide bonds. The van der Waals surface area contributed by atoms with Gasteiger partial charge in [-0.2, -0.15) is 18.3 Å². The number of oxime groups is 1. The molecule has 0 bridgehead atoms. The fourth-order valence-electron chi connectivity index (χ4n) is 3.27. The molecule has 180 valence electrons. The van der Waals surface area contributed by atoms with E-state index in [1.807, 2.05) is 0 Å². The van der Waals surface area contributed by atoms with Crippen molar-refractivity contribution in [2.45, 2.75) is 13.1 Å². The number of fused-ring (bicyclic) bond motifs is 1. The Hall–Kier alpha value is -4.26. The number of aromatic nitrogens is 4. The largest absolute Gasteiger partial charge is 0.476 e. The van der Waals surface area contributed by atoms with E-state index < -0.39 is 35.1 Å². The van der Waals surface area contributed by atoms with Crippen LogP contribution in [0.5, 0.6) is 0 Å². The molecule has 0 aliphatic carbocycles. The normalized spacial score (nSPS) is 12.2. The summed E-state index contributed by atoms with van der Waals surface area (Å²) in [6.45, 7) is 1.53. The van der Waals surface area contributed by atoms with Gasteiger partial charge in [-0.05, 0) is 36.8 Å². The van der Waals surface area contributed by atoms with E-state index in [0.717, 1.165) is 11.8 Å². The van der Waals surface area contributed by atoms with Crippen molar-refractivity contribution in [3.8, 4) is 17.4 Å². The Labute approximate surface area is 198 Å². The molecule has 4 aromatic rings. The topological polar surface area (TPSA) is 133 Å². The van der Waals surface area contributed by atoms with Gasteiger partial charge in [0.25, 0.3) is 0 Å². The second-order valence-corrected chi connectivity index (χ2v) is 7.46. The Bertz CT molecular complexity index is 1560. The minimum absolute atomic E-state index is 0.00633. The van der Waals surface area contributed by atoms with Crippen LogP contribution in [0.15, 0.2) is 50.9 Å². The predicted octanol–water partition coefficient (Wildman–Crippen LogP) is 3.85. The lowest BCUT2D eigenvalue weighted by atomic mass is 10.0. The molecule has 10 nitrogen and oxygen atoms in total. The maximum Gasteiger partial charge on any atom is 0.435 e. The van der Waals surface area contributed by atoms with E-state index in [9.17, 15) is 27.9 Å². The van der Waals surface area contributed by atoms with Crippen LogP contribution in [0, 0.1) is 6.92 Å². The van der Waals surface area contributed by atoms with E-state index in [0.29, 0.717) is 11.6 Å². The van der Waals surface area contributed by atoms with Gasteiger partial charge in [0.15, 0.2) is 17.2 Å². The maximum absolute atomic E-state index is 13.4. The molecule has 1 aromatic carbocycles. The van der Waals surface area contributed by atoms with E-state index in [-0.39, 0.29) is 33.0 Å². The van der Waals surface area contributed by atoms with Crippen LogP contribution < -0.4 is 5.63 Å². The lowest BCUT2D eigenvalue weighted by Gasteiger charge is -2.09. The summed E-state index contributed by atoms with van der Waals surface area (Å²) in [6, 6.07) is 6.11. The Morgan fingerprint density at radius 1 is 1.29 bits per heavy atom. The van der Waals surface area contributed by atoms with Crippen molar-refractivity contribution in [3.05, 3.63) is 68.8 Å². The quantitative estimate of drug-likeness (QED) is 0.318. The molecule has 3 aromatic heterocycles. The summed E-state index contributed by atoms with van der Waals surface area (Å²) < 4.78 is 46.3. The van der Waals surface area contributed by atoms with Crippen LogP contribution >= 0.6 is 11.6 Å². The number of carboxylic acid groups (broad SMARTS) is 1. The highest BCUT2D eigenvalue weighted by molar-refractivity contribution is 6.42. The smallest absolute Gasteiger partial charge is 0.435 e. The van der Waals surface area contributed by atoms with Gasteiger partial charge in [0.2, 0.25) is 5.89 Å². The summed E-state index contributed by atoms with van der Waals surface area (Å²) >= 11 is 6.10. The summed E-state index contributed by atoms with van der Waals surface area (Å²) in [5, 5.41) is 16.2. The number of alkyl halides is 3. The first-order chi connectivity index (χ1) is 16.5. The van der Waals surface area contributed by atoms with E-state index in [1.54, 1.807) is 0 Å². The second-order valence-electron chi connectivity index (χ2n) is 7.06. The molecule has 1 N–H and O–H groups in total.